The molecule has 0 aromatic carbocycles. The fourth-order valence-electron chi connectivity index (χ4n) is 3.20. The van der Waals surface area contributed by atoms with Gasteiger partial charge in [-0.1, -0.05) is 13.3 Å². The molecule has 0 aliphatic heterocycles. The molecule has 0 bridgehead atoms. The van der Waals surface area contributed by atoms with Crippen molar-refractivity contribution in [3.63, 3.8) is 0 Å². The molecule has 3 rings (SSSR count). The quantitative estimate of drug-likeness (QED) is 0.890. The Bertz CT molecular complexity index is 597. The van der Waals surface area contributed by atoms with E-state index in [1.807, 2.05) is 0 Å². The summed E-state index contributed by atoms with van der Waals surface area (Å²) in [5.74, 6) is 1.97. The molecule has 1 saturated carbocycles. The van der Waals surface area contributed by atoms with Crippen LogP contribution >= 0.6 is 11.3 Å². The van der Waals surface area contributed by atoms with Gasteiger partial charge < -0.3 is 5.32 Å². The van der Waals surface area contributed by atoms with Gasteiger partial charge >= 0.3 is 0 Å². The van der Waals surface area contributed by atoms with Gasteiger partial charge in [-0.2, -0.15) is 0 Å². The molecule has 2 aromatic heterocycles. The highest BCUT2D eigenvalue weighted by Crippen LogP contribution is 2.34. The van der Waals surface area contributed by atoms with E-state index >= 15 is 0 Å². The number of nitrogens with zero attached hydrogens (tertiary/aromatic N) is 2. The Morgan fingerprint density at radius 1 is 1.20 bits per heavy atom. The summed E-state index contributed by atoms with van der Waals surface area (Å²) < 4.78 is 0. The van der Waals surface area contributed by atoms with Gasteiger partial charge in [0.2, 0.25) is 0 Å². The van der Waals surface area contributed by atoms with Gasteiger partial charge in [0.25, 0.3) is 0 Å². The predicted molar refractivity (Wildman–Crippen MR) is 86.5 cm³/mol. The lowest BCUT2D eigenvalue weighted by Crippen LogP contribution is -2.26. The van der Waals surface area contributed by atoms with E-state index in [-0.39, 0.29) is 0 Å². The molecule has 0 saturated heterocycles. The molecule has 2 aromatic rings. The summed E-state index contributed by atoms with van der Waals surface area (Å²) in [4.78, 5) is 11.4. The van der Waals surface area contributed by atoms with E-state index < -0.39 is 0 Å². The third-order valence-corrected chi connectivity index (χ3v) is 5.85. The van der Waals surface area contributed by atoms with Crippen LogP contribution in [0.3, 0.4) is 0 Å². The summed E-state index contributed by atoms with van der Waals surface area (Å²) in [6.07, 6.45) is 8.26. The molecular weight excluding hydrogens is 266 g/mol. The highest BCUT2D eigenvalue weighted by molar-refractivity contribution is 7.18. The molecule has 2 heterocycles. The van der Waals surface area contributed by atoms with Gasteiger partial charge in [-0.3, -0.25) is 0 Å². The van der Waals surface area contributed by atoms with Gasteiger partial charge in [0.15, 0.2) is 0 Å². The zero-order chi connectivity index (χ0) is 14.1. The van der Waals surface area contributed by atoms with Crippen LogP contribution in [0, 0.1) is 19.8 Å². The number of aryl methyl sites for hydroxylation is 2. The topological polar surface area (TPSA) is 37.8 Å². The number of thiophene rings is 1. The van der Waals surface area contributed by atoms with Crippen molar-refractivity contribution in [3.8, 4) is 0 Å². The Labute approximate surface area is 124 Å². The molecule has 0 amide bonds. The summed E-state index contributed by atoms with van der Waals surface area (Å²) in [7, 11) is 0. The van der Waals surface area contributed by atoms with Crippen LogP contribution in [0.4, 0.5) is 5.82 Å². The van der Waals surface area contributed by atoms with Gasteiger partial charge in [-0.15, -0.1) is 11.3 Å². The fraction of sp³-hybridized carbons (Fsp3) is 0.625. The van der Waals surface area contributed by atoms with E-state index in [4.69, 9.17) is 0 Å². The maximum Gasteiger partial charge on any atom is 0.138 e. The normalized spacial score (nSPS) is 23.1. The summed E-state index contributed by atoms with van der Waals surface area (Å²) >= 11 is 1.77. The van der Waals surface area contributed by atoms with Crippen LogP contribution in [0.1, 0.15) is 49.5 Å². The lowest BCUT2D eigenvalue weighted by atomic mass is 9.84. The van der Waals surface area contributed by atoms with Crippen molar-refractivity contribution in [2.24, 2.45) is 5.92 Å². The molecule has 108 valence electrons. The molecule has 1 aliphatic carbocycles. The maximum atomic E-state index is 4.50. The number of anilines is 1. The highest BCUT2D eigenvalue weighted by Gasteiger charge is 2.21. The van der Waals surface area contributed by atoms with Gasteiger partial charge in [-0.05, 0) is 51.0 Å². The number of fused-ring (bicyclic) bond motifs is 1. The van der Waals surface area contributed by atoms with Crippen molar-refractivity contribution >= 4 is 27.4 Å². The van der Waals surface area contributed by atoms with Crippen molar-refractivity contribution in [1.82, 2.24) is 9.97 Å². The van der Waals surface area contributed by atoms with Gasteiger partial charge in [0.05, 0.1) is 5.39 Å². The monoisotopic (exact) mass is 289 g/mol. The number of nitrogens with one attached hydrogen (secondary N) is 1. The second kappa shape index (κ2) is 5.68. The first kappa shape index (κ1) is 13.8. The molecule has 3 nitrogen and oxygen atoms in total. The average Bonchev–Trinajstić information content (AvgIpc) is 2.76. The van der Waals surface area contributed by atoms with E-state index in [2.05, 4.69) is 36.1 Å². The van der Waals surface area contributed by atoms with Crippen molar-refractivity contribution in [3.05, 3.63) is 16.8 Å². The molecule has 0 spiro atoms. The number of hydrogen-bond donors (Lipinski definition) is 1. The van der Waals surface area contributed by atoms with E-state index in [0.29, 0.717) is 6.04 Å². The van der Waals surface area contributed by atoms with Crippen LogP contribution in [0.5, 0.6) is 0 Å². The largest absolute Gasteiger partial charge is 0.367 e. The Morgan fingerprint density at radius 2 is 1.95 bits per heavy atom. The van der Waals surface area contributed by atoms with E-state index in [1.165, 1.54) is 47.9 Å². The van der Waals surface area contributed by atoms with Crippen LogP contribution in [0.25, 0.3) is 10.2 Å². The minimum atomic E-state index is 0.579. The number of rotatable bonds is 3. The molecular formula is C16H23N3S. The van der Waals surface area contributed by atoms with Gasteiger partial charge in [0.1, 0.15) is 17.0 Å². The number of hydrogen-bond acceptors (Lipinski definition) is 4. The van der Waals surface area contributed by atoms with Crippen LogP contribution in [0.15, 0.2) is 6.33 Å². The molecule has 0 atom stereocenters. The van der Waals surface area contributed by atoms with Crippen molar-refractivity contribution in [2.75, 3.05) is 5.32 Å². The molecule has 1 fully saturated rings. The second-order valence-electron chi connectivity index (χ2n) is 5.96. The predicted octanol–water partition coefficient (Wildman–Crippen LogP) is 4.69. The third kappa shape index (κ3) is 2.53. The molecule has 1 N–H and O–H groups in total. The molecule has 4 heteroatoms. The minimum absolute atomic E-state index is 0.579. The first-order valence-electron chi connectivity index (χ1n) is 7.66. The Morgan fingerprint density at radius 3 is 2.65 bits per heavy atom. The highest BCUT2D eigenvalue weighted by atomic mass is 32.1. The molecule has 0 unspecified atom stereocenters. The van der Waals surface area contributed by atoms with Crippen molar-refractivity contribution < 1.29 is 0 Å². The fourth-order valence-corrected chi connectivity index (χ4v) is 4.20. The zero-order valence-electron chi connectivity index (χ0n) is 12.6. The SMILES string of the molecule is CCC1CCC(Nc2ncnc3sc(C)c(C)c23)CC1. The summed E-state index contributed by atoms with van der Waals surface area (Å²) in [5, 5.41) is 4.91. The van der Waals surface area contributed by atoms with Crippen LogP contribution < -0.4 is 5.32 Å². The Kier molecular flexibility index (Phi) is 3.92. The average molecular weight is 289 g/mol. The van der Waals surface area contributed by atoms with E-state index in [0.717, 1.165) is 16.6 Å². The van der Waals surface area contributed by atoms with Crippen molar-refractivity contribution in [1.29, 1.82) is 0 Å². The lowest BCUT2D eigenvalue weighted by Gasteiger charge is -2.28. The second-order valence-corrected chi connectivity index (χ2v) is 7.16. The Balaban J connectivity index is 1.81. The van der Waals surface area contributed by atoms with Crippen LogP contribution in [-0.2, 0) is 0 Å². The first-order valence-corrected chi connectivity index (χ1v) is 8.48. The smallest absolute Gasteiger partial charge is 0.138 e. The van der Waals surface area contributed by atoms with Crippen LogP contribution in [-0.4, -0.2) is 16.0 Å². The van der Waals surface area contributed by atoms with Crippen molar-refractivity contribution in [2.45, 2.75) is 58.9 Å². The first-order chi connectivity index (χ1) is 9.69. The van der Waals surface area contributed by atoms with E-state index in [9.17, 15) is 0 Å². The third-order valence-electron chi connectivity index (χ3n) is 4.73. The van der Waals surface area contributed by atoms with Gasteiger partial charge in [-0.25, -0.2) is 9.97 Å². The Hall–Kier alpha value is -1.16. The summed E-state index contributed by atoms with van der Waals surface area (Å²) in [5.41, 5.74) is 1.33. The summed E-state index contributed by atoms with van der Waals surface area (Å²) in [6, 6.07) is 0.579. The zero-order valence-corrected chi connectivity index (χ0v) is 13.4. The maximum absolute atomic E-state index is 4.50. The minimum Gasteiger partial charge on any atom is -0.367 e. The number of aromatic nitrogens is 2. The summed E-state index contributed by atoms with van der Waals surface area (Å²) in [6.45, 7) is 6.65. The molecule has 1 aliphatic rings. The molecule has 0 radical (unpaired) electrons. The van der Waals surface area contributed by atoms with E-state index in [1.54, 1.807) is 17.7 Å². The van der Waals surface area contributed by atoms with Crippen LogP contribution in [0.2, 0.25) is 0 Å². The molecule has 20 heavy (non-hydrogen) atoms. The van der Waals surface area contributed by atoms with Gasteiger partial charge in [0, 0.05) is 10.9 Å². The standard InChI is InChI=1S/C16H23N3S/c1-4-12-5-7-13(8-6-12)19-15-14-10(2)11(3)20-16(14)18-9-17-15/h9,12-13H,4-8H2,1-3H3,(H,17,18,19). The lowest BCUT2D eigenvalue weighted by molar-refractivity contribution is 0.330.